The van der Waals surface area contributed by atoms with Crippen LogP contribution in [0, 0.1) is 0 Å². The third-order valence-corrected chi connectivity index (χ3v) is 3.73. The van der Waals surface area contributed by atoms with Gasteiger partial charge in [0.15, 0.2) is 16.1 Å². The molecule has 1 rings (SSSR count). The summed E-state index contributed by atoms with van der Waals surface area (Å²) in [7, 11) is -2.27. The molecule has 0 aliphatic rings. The molecule has 0 saturated heterocycles. The Hall–Kier alpha value is -2.34. The number of carbonyl (C=O) groups excluding carboxylic acids is 2. The van der Waals surface area contributed by atoms with E-state index in [4.69, 9.17) is 23.1 Å². The Kier molecular flexibility index (Phi) is 4.75. The zero-order valence-electron chi connectivity index (χ0n) is 10.8. The number of esters is 1. The van der Waals surface area contributed by atoms with Gasteiger partial charge in [0.2, 0.25) is 0 Å². The molecule has 0 aliphatic heterocycles. The molecule has 0 bridgehead atoms. The first-order chi connectivity index (χ1) is 9.60. The summed E-state index contributed by atoms with van der Waals surface area (Å²) in [6, 6.07) is -1.34. The van der Waals surface area contributed by atoms with Crippen molar-refractivity contribution >= 4 is 39.6 Å². The van der Waals surface area contributed by atoms with Crippen molar-refractivity contribution in [1.82, 2.24) is 14.5 Å². The fraction of sp³-hybridized carbons (Fsp3) is 0.250. The van der Waals surface area contributed by atoms with Crippen molar-refractivity contribution < 1.29 is 22.7 Å². The number of guanidine groups is 1. The average molecular weight is 339 g/mol. The van der Waals surface area contributed by atoms with Crippen molar-refractivity contribution in [1.29, 1.82) is 0 Å². The Morgan fingerprint density at radius 1 is 1.43 bits per heavy atom. The van der Waals surface area contributed by atoms with Crippen LogP contribution < -0.4 is 16.2 Å². The van der Waals surface area contributed by atoms with E-state index in [1.165, 1.54) is 11.8 Å². The molecule has 0 fully saturated rings. The van der Waals surface area contributed by atoms with Crippen LogP contribution >= 0.6 is 11.6 Å². The Labute approximate surface area is 123 Å². The number of halogens is 1. The molecule has 5 N–H and O–H groups in total. The Morgan fingerprint density at radius 3 is 2.48 bits per heavy atom. The number of sulfonamides is 1. The van der Waals surface area contributed by atoms with Crippen molar-refractivity contribution in [2.75, 3.05) is 7.11 Å². The second kappa shape index (κ2) is 5.97. The molecule has 116 valence electrons. The number of rotatable bonds is 3. The quantitative estimate of drug-likeness (QED) is 0.340. The lowest BCUT2D eigenvalue weighted by atomic mass is 10.4. The van der Waals surface area contributed by atoms with E-state index in [1.54, 1.807) is 0 Å². The van der Waals surface area contributed by atoms with E-state index in [0.29, 0.717) is 0 Å². The molecule has 0 saturated carbocycles. The van der Waals surface area contributed by atoms with Gasteiger partial charge in [-0.3, -0.25) is 4.68 Å². The fourth-order valence-corrected chi connectivity index (χ4v) is 2.91. The number of hydrogen-bond acceptors (Lipinski definition) is 6. The summed E-state index contributed by atoms with van der Waals surface area (Å²) < 4.78 is 30.9. The summed E-state index contributed by atoms with van der Waals surface area (Å²) in [4.78, 5) is 25.9. The van der Waals surface area contributed by atoms with Crippen molar-refractivity contribution in [3.8, 4) is 0 Å². The average Bonchev–Trinajstić information content (AvgIpc) is 2.61. The fourth-order valence-electron chi connectivity index (χ4n) is 1.36. The van der Waals surface area contributed by atoms with Crippen LogP contribution in [0.15, 0.2) is 10.0 Å². The maximum absolute atomic E-state index is 12.1. The predicted molar refractivity (Wildman–Crippen MR) is 71.1 cm³/mol. The van der Waals surface area contributed by atoms with E-state index < -0.39 is 43.7 Å². The minimum atomic E-state index is -4.50. The number of nitrogens with two attached hydrogens (primary N) is 2. The first-order valence-electron chi connectivity index (χ1n) is 5.07. The van der Waals surface area contributed by atoms with Crippen LogP contribution in [0.4, 0.5) is 4.79 Å². The van der Waals surface area contributed by atoms with E-state index in [2.05, 4.69) is 14.8 Å². The zero-order valence-corrected chi connectivity index (χ0v) is 12.4. The third-order valence-electron chi connectivity index (χ3n) is 2.05. The molecule has 11 nitrogen and oxygen atoms in total. The zero-order chi connectivity index (χ0) is 16.4. The highest BCUT2D eigenvalue weighted by molar-refractivity contribution is 7.90. The lowest BCUT2D eigenvalue weighted by Gasteiger charge is -2.06. The largest absolute Gasteiger partial charge is 0.465 e. The number of hydrogen-bond donors (Lipinski definition) is 3. The molecule has 2 amide bonds. The minimum Gasteiger partial charge on any atom is -0.465 e. The van der Waals surface area contributed by atoms with Crippen LogP contribution in [0.1, 0.15) is 10.4 Å². The number of urea groups is 1. The van der Waals surface area contributed by atoms with E-state index in [-0.39, 0.29) is 0 Å². The third kappa shape index (κ3) is 3.61. The maximum atomic E-state index is 12.1. The van der Waals surface area contributed by atoms with E-state index in [0.717, 1.165) is 11.8 Å². The van der Waals surface area contributed by atoms with Gasteiger partial charge in [-0.15, -0.1) is 0 Å². The van der Waals surface area contributed by atoms with Gasteiger partial charge in [-0.25, -0.2) is 14.3 Å². The monoisotopic (exact) mass is 338 g/mol. The summed E-state index contributed by atoms with van der Waals surface area (Å²) in [6.45, 7) is 0. The highest BCUT2D eigenvalue weighted by atomic mass is 35.5. The van der Waals surface area contributed by atoms with Crippen molar-refractivity contribution in [2.45, 2.75) is 5.03 Å². The standard InChI is InChI=1S/C8H11ClN6O5S/c1-15-5(3(4(9)13-15)6(16)20-2)21(18,19)14-8(17)12-7(10)11/h1-2H3,(H5,10,11,12,14,17). The van der Waals surface area contributed by atoms with Crippen molar-refractivity contribution in [3.63, 3.8) is 0 Å². The molecule has 1 aromatic rings. The van der Waals surface area contributed by atoms with E-state index in [1.807, 2.05) is 0 Å². The second-order valence-corrected chi connectivity index (χ2v) is 5.49. The van der Waals surface area contributed by atoms with Gasteiger partial charge in [-0.1, -0.05) is 11.6 Å². The van der Waals surface area contributed by atoms with Crippen molar-refractivity contribution in [3.05, 3.63) is 10.7 Å². The van der Waals surface area contributed by atoms with Crippen LogP contribution in [-0.2, 0) is 21.8 Å². The van der Waals surface area contributed by atoms with Crippen LogP contribution in [0.5, 0.6) is 0 Å². The molecular weight excluding hydrogens is 328 g/mol. The Bertz CT molecular complexity index is 720. The smallest absolute Gasteiger partial charge is 0.358 e. The van der Waals surface area contributed by atoms with Gasteiger partial charge in [-0.2, -0.15) is 18.5 Å². The number of aromatic nitrogens is 2. The van der Waals surface area contributed by atoms with Gasteiger partial charge in [0.25, 0.3) is 10.0 Å². The Balaban J connectivity index is 3.36. The SMILES string of the molecule is COC(=O)c1c(Cl)nn(C)c1S(=O)(=O)NC(=O)N=C(N)N. The molecule has 21 heavy (non-hydrogen) atoms. The molecule has 0 spiro atoms. The maximum Gasteiger partial charge on any atom is 0.358 e. The van der Waals surface area contributed by atoms with Gasteiger partial charge in [0.1, 0.15) is 5.56 Å². The van der Waals surface area contributed by atoms with Gasteiger partial charge in [0, 0.05) is 7.05 Å². The van der Waals surface area contributed by atoms with Gasteiger partial charge in [-0.05, 0) is 0 Å². The molecule has 0 atom stereocenters. The number of carbonyl (C=O) groups is 2. The normalized spacial score (nSPS) is 10.8. The number of aliphatic imine (C=N–C) groups is 1. The summed E-state index contributed by atoms with van der Waals surface area (Å²) in [6.07, 6.45) is 0. The van der Waals surface area contributed by atoms with Crippen molar-refractivity contribution in [2.24, 2.45) is 23.5 Å². The molecule has 13 heteroatoms. The van der Waals surface area contributed by atoms with E-state index in [9.17, 15) is 18.0 Å². The highest BCUT2D eigenvalue weighted by Crippen LogP contribution is 2.23. The minimum absolute atomic E-state index is 0.404. The van der Waals surface area contributed by atoms with E-state index >= 15 is 0 Å². The number of amides is 2. The summed E-state index contributed by atoms with van der Waals surface area (Å²) in [5.74, 6) is -1.68. The first kappa shape index (κ1) is 16.7. The number of nitrogens with one attached hydrogen (secondary N) is 1. The number of methoxy groups -OCH3 is 1. The van der Waals surface area contributed by atoms with Crippen LogP contribution in [-0.4, -0.2) is 43.3 Å². The number of nitrogens with zero attached hydrogens (tertiary/aromatic N) is 3. The highest BCUT2D eigenvalue weighted by Gasteiger charge is 2.32. The van der Waals surface area contributed by atoms with Crippen LogP contribution in [0.25, 0.3) is 0 Å². The molecule has 1 aromatic heterocycles. The number of aryl methyl sites for hydroxylation is 1. The lowest BCUT2D eigenvalue weighted by Crippen LogP contribution is -2.34. The van der Waals surface area contributed by atoms with Gasteiger partial charge in [0.05, 0.1) is 7.11 Å². The molecule has 0 aliphatic carbocycles. The summed E-state index contributed by atoms with van der Waals surface area (Å²) in [5.41, 5.74) is 9.37. The first-order valence-corrected chi connectivity index (χ1v) is 6.93. The predicted octanol–water partition coefficient (Wildman–Crippen LogP) is -1.47. The molecule has 1 heterocycles. The van der Waals surface area contributed by atoms with Gasteiger partial charge < -0.3 is 16.2 Å². The Morgan fingerprint density at radius 2 is 2.00 bits per heavy atom. The summed E-state index contributed by atoms with van der Waals surface area (Å²) in [5, 5.41) is 2.51. The van der Waals surface area contributed by atoms with Crippen LogP contribution in [0.2, 0.25) is 5.15 Å². The topological polar surface area (TPSA) is 172 Å². The lowest BCUT2D eigenvalue weighted by molar-refractivity contribution is 0.0596. The second-order valence-electron chi connectivity index (χ2n) is 3.53. The number of ether oxygens (including phenoxy) is 1. The molecule has 0 aromatic carbocycles. The molecular formula is C8H11ClN6O5S. The molecule has 0 unspecified atom stereocenters. The van der Waals surface area contributed by atoms with Gasteiger partial charge >= 0.3 is 12.0 Å². The molecule has 0 radical (unpaired) electrons. The van der Waals surface area contributed by atoms with Crippen LogP contribution in [0.3, 0.4) is 0 Å². The summed E-state index contributed by atoms with van der Waals surface area (Å²) >= 11 is 5.67.